The van der Waals surface area contributed by atoms with Crippen LogP contribution in [-0.2, 0) is 19.3 Å². The Bertz CT molecular complexity index is 984. The molecule has 27 heavy (non-hydrogen) atoms. The Hall–Kier alpha value is -2.55. The molecule has 0 fully saturated rings. The SMILES string of the molecule is CCCCc1ccc2c(c1)CCc1c-2ccc(-c2cc(F)cc(F)c2)c1F. The van der Waals surface area contributed by atoms with Gasteiger partial charge in [-0.15, -0.1) is 0 Å². The molecule has 0 unspecified atom stereocenters. The summed E-state index contributed by atoms with van der Waals surface area (Å²) in [5.74, 6) is -1.78. The summed E-state index contributed by atoms with van der Waals surface area (Å²) in [6.45, 7) is 2.18. The molecule has 138 valence electrons. The summed E-state index contributed by atoms with van der Waals surface area (Å²) >= 11 is 0. The Labute approximate surface area is 157 Å². The van der Waals surface area contributed by atoms with Crippen LogP contribution in [0.15, 0.2) is 48.5 Å². The molecule has 0 radical (unpaired) electrons. The van der Waals surface area contributed by atoms with Crippen molar-refractivity contribution < 1.29 is 13.2 Å². The molecule has 1 aliphatic rings. The molecular formula is C24H21F3. The third-order valence-corrected chi connectivity index (χ3v) is 5.34. The first kappa shape index (κ1) is 17.8. The number of rotatable bonds is 4. The highest BCUT2D eigenvalue weighted by molar-refractivity contribution is 5.78. The molecular weight excluding hydrogens is 345 g/mol. The van der Waals surface area contributed by atoms with E-state index in [2.05, 4.69) is 25.1 Å². The molecule has 0 aliphatic heterocycles. The molecule has 0 saturated carbocycles. The molecule has 3 aromatic carbocycles. The Morgan fingerprint density at radius 2 is 1.48 bits per heavy atom. The van der Waals surface area contributed by atoms with E-state index in [1.54, 1.807) is 6.07 Å². The third-order valence-electron chi connectivity index (χ3n) is 5.34. The molecule has 0 spiro atoms. The Kier molecular flexibility index (Phi) is 4.77. The molecule has 0 amide bonds. The maximum absolute atomic E-state index is 15.2. The minimum atomic E-state index is -0.702. The van der Waals surface area contributed by atoms with Crippen molar-refractivity contribution in [2.45, 2.75) is 39.0 Å². The predicted octanol–water partition coefficient (Wildman–Crippen LogP) is 6.88. The lowest BCUT2D eigenvalue weighted by atomic mass is 9.82. The molecule has 0 saturated heterocycles. The van der Waals surface area contributed by atoms with E-state index in [1.165, 1.54) is 23.3 Å². The minimum absolute atomic E-state index is 0.230. The van der Waals surface area contributed by atoms with Crippen LogP contribution >= 0.6 is 0 Å². The first-order valence-electron chi connectivity index (χ1n) is 9.47. The van der Waals surface area contributed by atoms with Crippen LogP contribution in [0.1, 0.15) is 36.5 Å². The summed E-state index contributed by atoms with van der Waals surface area (Å²) in [4.78, 5) is 0. The fourth-order valence-electron chi connectivity index (χ4n) is 3.96. The molecule has 0 aromatic heterocycles. The first-order valence-corrected chi connectivity index (χ1v) is 9.47. The zero-order valence-electron chi connectivity index (χ0n) is 15.3. The van der Waals surface area contributed by atoms with Crippen molar-refractivity contribution in [3.63, 3.8) is 0 Å². The number of hydrogen-bond donors (Lipinski definition) is 0. The van der Waals surface area contributed by atoms with Gasteiger partial charge in [0.15, 0.2) is 0 Å². The van der Waals surface area contributed by atoms with Gasteiger partial charge in [0.1, 0.15) is 17.5 Å². The van der Waals surface area contributed by atoms with Crippen LogP contribution in [0.2, 0.25) is 0 Å². The first-order chi connectivity index (χ1) is 13.1. The van der Waals surface area contributed by atoms with E-state index >= 15 is 4.39 Å². The number of hydrogen-bond acceptors (Lipinski definition) is 0. The maximum atomic E-state index is 15.2. The molecule has 4 rings (SSSR count). The highest BCUT2D eigenvalue weighted by Crippen LogP contribution is 2.39. The second-order valence-electron chi connectivity index (χ2n) is 7.21. The van der Waals surface area contributed by atoms with E-state index in [0.29, 0.717) is 12.0 Å². The average molecular weight is 366 g/mol. The fourth-order valence-corrected chi connectivity index (χ4v) is 3.96. The van der Waals surface area contributed by atoms with Gasteiger partial charge < -0.3 is 0 Å². The molecule has 0 heterocycles. The number of halogens is 3. The quantitative estimate of drug-likeness (QED) is 0.472. The van der Waals surface area contributed by atoms with Crippen molar-refractivity contribution in [3.05, 3.63) is 82.7 Å². The van der Waals surface area contributed by atoms with Crippen molar-refractivity contribution in [1.82, 2.24) is 0 Å². The van der Waals surface area contributed by atoms with Crippen LogP contribution in [0.4, 0.5) is 13.2 Å². The van der Waals surface area contributed by atoms with Gasteiger partial charge in [0, 0.05) is 11.6 Å². The van der Waals surface area contributed by atoms with E-state index < -0.39 is 11.6 Å². The van der Waals surface area contributed by atoms with Crippen molar-refractivity contribution in [1.29, 1.82) is 0 Å². The minimum Gasteiger partial charge on any atom is -0.207 e. The molecule has 3 aromatic rings. The molecule has 0 bridgehead atoms. The van der Waals surface area contributed by atoms with Crippen LogP contribution in [0.5, 0.6) is 0 Å². The number of fused-ring (bicyclic) bond motifs is 3. The summed E-state index contributed by atoms with van der Waals surface area (Å²) in [5, 5.41) is 0. The zero-order valence-corrected chi connectivity index (χ0v) is 15.3. The van der Waals surface area contributed by atoms with Crippen LogP contribution in [0, 0.1) is 17.5 Å². The summed E-state index contributed by atoms with van der Waals surface area (Å²) in [5.41, 5.74) is 5.63. The molecule has 0 atom stereocenters. The number of unbranched alkanes of at least 4 members (excludes halogenated alkanes) is 1. The van der Waals surface area contributed by atoms with Crippen LogP contribution in [-0.4, -0.2) is 0 Å². The molecule has 3 heteroatoms. The number of benzene rings is 3. The zero-order chi connectivity index (χ0) is 19.0. The second kappa shape index (κ2) is 7.22. The van der Waals surface area contributed by atoms with Gasteiger partial charge in [-0.1, -0.05) is 43.7 Å². The smallest absolute Gasteiger partial charge is 0.134 e. The normalized spacial score (nSPS) is 12.6. The lowest BCUT2D eigenvalue weighted by Crippen LogP contribution is -2.08. The van der Waals surface area contributed by atoms with Gasteiger partial charge in [0.25, 0.3) is 0 Å². The second-order valence-corrected chi connectivity index (χ2v) is 7.21. The summed E-state index contributed by atoms with van der Waals surface area (Å²) in [7, 11) is 0. The third kappa shape index (κ3) is 3.39. The lowest BCUT2D eigenvalue weighted by molar-refractivity contribution is 0.583. The van der Waals surface area contributed by atoms with Crippen molar-refractivity contribution in [2.24, 2.45) is 0 Å². The van der Waals surface area contributed by atoms with E-state index in [0.717, 1.165) is 42.9 Å². The fraction of sp³-hybridized carbons (Fsp3) is 0.250. The maximum Gasteiger partial charge on any atom is 0.134 e. The summed E-state index contributed by atoms with van der Waals surface area (Å²) < 4.78 is 42.3. The largest absolute Gasteiger partial charge is 0.207 e. The number of aryl methyl sites for hydroxylation is 2. The van der Waals surface area contributed by atoms with Crippen molar-refractivity contribution >= 4 is 0 Å². The van der Waals surface area contributed by atoms with Gasteiger partial charge in [-0.2, -0.15) is 0 Å². The van der Waals surface area contributed by atoms with Crippen LogP contribution in [0.25, 0.3) is 22.3 Å². The van der Waals surface area contributed by atoms with E-state index in [-0.39, 0.29) is 16.9 Å². The molecule has 0 nitrogen and oxygen atoms in total. The van der Waals surface area contributed by atoms with Gasteiger partial charge in [0.2, 0.25) is 0 Å². The topological polar surface area (TPSA) is 0 Å². The monoisotopic (exact) mass is 366 g/mol. The molecule has 1 aliphatic carbocycles. The Balaban J connectivity index is 1.76. The standard InChI is InChI=1S/C24H21F3/c1-2-3-4-15-5-7-20-16(11-15)6-8-23-22(20)10-9-21(24(23)27)17-12-18(25)14-19(26)13-17/h5,7,9-14H,2-4,6,8H2,1H3. The highest BCUT2D eigenvalue weighted by Gasteiger charge is 2.22. The average Bonchev–Trinajstić information content (AvgIpc) is 2.65. The van der Waals surface area contributed by atoms with Gasteiger partial charge >= 0.3 is 0 Å². The van der Waals surface area contributed by atoms with Crippen molar-refractivity contribution in [3.8, 4) is 22.3 Å². The summed E-state index contributed by atoms with van der Waals surface area (Å²) in [6.07, 6.45) is 4.76. The van der Waals surface area contributed by atoms with E-state index in [4.69, 9.17) is 0 Å². The Morgan fingerprint density at radius 1 is 0.778 bits per heavy atom. The van der Waals surface area contributed by atoms with Gasteiger partial charge in [0.05, 0.1) is 0 Å². The predicted molar refractivity (Wildman–Crippen MR) is 103 cm³/mol. The van der Waals surface area contributed by atoms with Gasteiger partial charge in [-0.25, -0.2) is 13.2 Å². The highest BCUT2D eigenvalue weighted by atomic mass is 19.1. The Morgan fingerprint density at radius 3 is 2.22 bits per heavy atom. The van der Waals surface area contributed by atoms with E-state index in [1.807, 2.05) is 6.07 Å². The van der Waals surface area contributed by atoms with Crippen LogP contribution < -0.4 is 0 Å². The van der Waals surface area contributed by atoms with E-state index in [9.17, 15) is 8.78 Å². The molecule has 0 N–H and O–H groups in total. The van der Waals surface area contributed by atoms with Crippen LogP contribution in [0.3, 0.4) is 0 Å². The summed E-state index contributed by atoms with van der Waals surface area (Å²) in [6, 6.07) is 13.1. The van der Waals surface area contributed by atoms with Gasteiger partial charge in [-0.05, 0) is 71.2 Å². The van der Waals surface area contributed by atoms with Gasteiger partial charge in [-0.3, -0.25) is 0 Å². The lowest BCUT2D eigenvalue weighted by Gasteiger charge is -2.22. The van der Waals surface area contributed by atoms with Crippen molar-refractivity contribution in [2.75, 3.05) is 0 Å².